The monoisotopic (exact) mass is 485 g/mol. The van der Waals surface area contributed by atoms with Crippen molar-refractivity contribution in [3.8, 4) is 5.75 Å². The van der Waals surface area contributed by atoms with Crippen LogP contribution in [0.4, 0.5) is 5.69 Å². The number of hydrogen-bond donors (Lipinski definition) is 1. The Bertz CT molecular complexity index is 908. The van der Waals surface area contributed by atoms with Gasteiger partial charge in [-0.25, -0.2) is 0 Å². The number of ether oxygens (including phenoxy) is 4. The summed E-state index contributed by atoms with van der Waals surface area (Å²) in [4.78, 5) is 16.9. The number of likely N-dealkylation sites (N-methyl/N-ethyl adjacent to an activating group) is 1. The predicted octanol–water partition coefficient (Wildman–Crippen LogP) is 3.68. The van der Waals surface area contributed by atoms with Gasteiger partial charge in [0.2, 0.25) is 0 Å². The molecule has 0 bridgehead atoms. The van der Waals surface area contributed by atoms with Gasteiger partial charge < -0.3 is 29.2 Å². The molecule has 0 saturated carbocycles. The Kier molecular flexibility index (Phi) is 10.8. The third-order valence-electron chi connectivity index (χ3n) is 6.18. The molecule has 35 heavy (non-hydrogen) atoms. The number of likely N-dealkylation sites (tertiary alicyclic amines) is 1. The Morgan fingerprint density at radius 3 is 2.63 bits per heavy atom. The quantitative estimate of drug-likeness (QED) is 0.409. The molecule has 2 aromatic rings. The lowest BCUT2D eigenvalue weighted by Gasteiger charge is -2.33. The van der Waals surface area contributed by atoms with Crippen molar-refractivity contribution in [2.75, 3.05) is 65.9 Å². The van der Waals surface area contributed by atoms with E-state index in [1.165, 1.54) is 5.56 Å². The second-order valence-electron chi connectivity index (χ2n) is 8.80. The van der Waals surface area contributed by atoms with Crippen molar-refractivity contribution < 1.29 is 23.7 Å². The van der Waals surface area contributed by atoms with Gasteiger partial charge in [-0.15, -0.1) is 0 Å². The van der Waals surface area contributed by atoms with Crippen LogP contribution in [0, 0.1) is 0 Å². The lowest BCUT2D eigenvalue weighted by molar-refractivity contribution is -0.0679. The second-order valence-corrected chi connectivity index (χ2v) is 8.80. The van der Waals surface area contributed by atoms with Gasteiger partial charge in [-0.05, 0) is 54.8 Å². The molecule has 0 aromatic heterocycles. The van der Waals surface area contributed by atoms with Gasteiger partial charge in [0.1, 0.15) is 12.5 Å². The normalized spacial score (nSPS) is 16.7. The molecular formula is C27H39N3O5. The topological polar surface area (TPSA) is 72.5 Å². The van der Waals surface area contributed by atoms with Crippen molar-refractivity contribution in [3.05, 3.63) is 59.7 Å². The van der Waals surface area contributed by atoms with Gasteiger partial charge in [-0.3, -0.25) is 9.69 Å². The first-order valence-corrected chi connectivity index (χ1v) is 12.2. The summed E-state index contributed by atoms with van der Waals surface area (Å²) >= 11 is 0. The fourth-order valence-corrected chi connectivity index (χ4v) is 4.28. The molecule has 1 aliphatic rings. The summed E-state index contributed by atoms with van der Waals surface area (Å²) in [5.41, 5.74) is 2.90. The summed E-state index contributed by atoms with van der Waals surface area (Å²) in [5.74, 6) is 0.747. The summed E-state index contributed by atoms with van der Waals surface area (Å²) in [6.07, 6.45) is 2.03. The molecule has 192 valence electrons. The largest absolute Gasteiger partial charge is 0.468 e. The maximum atomic E-state index is 12.3. The number of benzene rings is 2. The molecule has 0 unspecified atom stereocenters. The first-order valence-electron chi connectivity index (χ1n) is 12.2. The van der Waals surface area contributed by atoms with E-state index in [-0.39, 0.29) is 24.8 Å². The number of amides is 1. The molecule has 0 radical (unpaired) electrons. The molecule has 1 saturated heterocycles. The van der Waals surface area contributed by atoms with Gasteiger partial charge >= 0.3 is 0 Å². The van der Waals surface area contributed by atoms with E-state index in [1.54, 1.807) is 14.2 Å². The van der Waals surface area contributed by atoms with Gasteiger partial charge in [0, 0.05) is 58.7 Å². The van der Waals surface area contributed by atoms with Crippen LogP contribution in [0.25, 0.3) is 0 Å². The molecule has 8 nitrogen and oxygen atoms in total. The van der Waals surface area contributed by atoms with Crippen molar-refractivity contribution in [2.45, 2.75) is 31.9 Å². The fourth-order valence-electron chi connectivity index (χ4n) is 4.28. The molecule has 1 heterocycles. The maximum absolute atomic E-state index is 12.3. The summed E-state index contributed by atoms with van der Waals surface area (Å²) in [6, 6.07) is 16.1. The van der Waals surface area contributed by atoms with Crippen molar-refractivity contribution in [3.63, 3.8) is 0 Å². The molecule has 1 aliphatic heterocycles. The number of anilines is 1. The Hall–Kier alpha value is -2.65. The molecule has 2 atom stereocenters. The van der Waals surface area contributed by atoms with Crippen LogP contribution in [0.3, 0.4) is 0 Å². The summed E-state index contributed by atoms with van der Waals surface area (Å²) < 4.78 is 21.7. The number of nitrogens with zero attached hydrogens (tertiary/aromatic N) is 2. The Morgan fingerprint density at radius 1 is 1.14 bits per heavy atom. The molecule has 8 heteroatoms. The van der Waals surface area contributed by atoms with Crippen LogP contribution in [-0.2, 0) is 14.2 Å². The summed E-state index contributed by atoms with van der Waals surface area (Å²) in [7, 11) is 5.35. The minimum atomic E-state index is -0.0361. The second kappa shape index (κ2) is 14.0. The van der Waals surface area contributed by atoms with Gasteiger partial charge in [-0.1, -0.05) is 19.1 Å². The zero-order chi connectivity index (χ0) is 25.0. The smallest absolute Gasteiger partial charge is 0.251 e. The van der Waals surface area contributed by atoms with E-state index in [9.17, 15) is 4.79 Å². The third kappa shape index (κ3) is 7.93. The number of nitrogens with one attached hydrogen (secondary N) is 1. The van der Waals surface area contributed by atoms with Crippen LogP contribution < -0.4 is 15.0 Å². The summed E-state index contributed by atoms with van der Waals surface area (Å²) in [5, 5.41) is 2.93. The third-order valence-corrected chi connectivity index (χ3v) is 6.18. The average Bonchev–Trinajstić information content (AvgIpc) is 3.36. The minimum Gasteiger partial charge on any atom is -0.468 e. The number of rotatable bonds is 14. The van der Waals surface area contributed by atoms with Crippen LogP contribution in [0.5, 0.6) is 5.75 Å². The number of hydrogen-bond acceptors (Lipinski definition) is 7. The molecule has 1 fully saturated rings. The van der Waals surface area contributed by atoms with Crippen LogP contribution >= 0.6 is 0 Å². The van der Waals surface area contributed by atoms with Crippen molar-refractivity contribution in [1.82, 2.24) is 10.2 Å². The van der Waals surface area contributed by atoms with E-state index >= 15 is 0 Å². The lowest BCUT2D eigenvalue weighted by atomic mass is 10.0. The minimum absolute atomic E-state index is 0.0361. The Morgan fingerprint density at radius 2 is 1.91 bits per heavy atom. The molecule has 1 amide bonds. The molecule has 0 aliphatic carbocycles. The van der Waals surface area contributed by atoms with E-state index in [1.807, 2.05) is 43.3 Å². The highest BCUT2D eigenvalue weighted by atomic mass is 16.7. The lowest BCUT2D eigenvalue weighted by Crippen LogP contribution is -2.36. The molecule has 0 spiro atoms. The number of carbonyl (C=O) groups is 1. The zero-order valence-electron chi connectivity index (χ0n) is 21.4. The fraction of sp³-hybridized carbons (Fsp3) is 0.519. The first-order chi connectivity index (χ1) is 17.0. The molecule has 1 N–H and O–H groups in total. The number of carbonyl (C=O) groups excluding carboxylic acids is 1. The van der Waals surface area contributed by atoms with E-state index < -0.39 is 0 Å². The Balaban J connectivity index is 1.76. The van der Waals surface area contributed by atoms with Crippen LogP contribution in [0.2, 0.25) is 0 Å². The van der Waals surface area contributed by atoms with Gasteiger partial charge in [-0.2, -0.15) is 0 Å². The molecule has 2 aromatic carbocycles. The summed E-state index contributed by atoms with van der Waals surface area (Å²) in [6.45, 7) is 5.78. The van der Waals surface area contributed by atoms with E-state index in [2.05, 4.69) is 34.3 Å². The van der Waals surface area contributed by atoms with Crippen molar-refractivity contribution in [2.24, 2.45) is 0 Å². The number of methoxy groups -OCH3 is 2. The highest BCUT2D eigenvalue weighted by Gasteiger charge is 2.31. The van der Waals surface area contributed by atoms with Crippen molar-refractivity contribution >= 4 is 11.6 Å². The zero-order valence-corrected chi connectivity index (χ0v) is 21.4. The first kappa shape index (κ1) is 26.9. The van der Waals surface area contributed by atoms with Gasteiger partial charge in [0.05, 0.1) is 12.1 Å². The molecule has 3 rings (SSSR count). The van der Waals surface area contributed by atoms with Gasteiger partial charge in [0.25, 0.3) is 5.91 Å². The van der Waals surface area contributed by atoms with E-state index in [4.69, 9.17) is 18.9 Å². The molecular weight excluding hydrogens is 446 g/mol. The van der Waals surface area contributed by atoms with Crippen LogP contribution in [-0.4, -0.2) is 77.9 Å². The Labute approximate surface area is 209 Å². The van der Waals surface area contributed by atoms with Crippen LogP contribution in [0.15, 0.2) is 48.5 Å². The standard InChI is InChI=1S/C27H39N3O5/c1-5-14-28-27(31)21-9-11-23(12-10-21)29(2)18-26(30-15-13-25(17-30)35-20-33-4)22-7-6-8-24(16-22)34-19-32-3/h6-12,16,25-26H,5,13-15,17-20H2,1-4H3,(H,28,31)/t25-,26+/m0/s1. The van der Waals surface area contributed by atoms with Gasteiger partial charge in [0.15, 0.2) is 6.79 Å². The van der Waals surface area contributed by atoms with Crippen LogP contribution in [0.1, 0.15) is 41.7 Å². The van der Waals surface area contributed by atoms with E-state index in [0.29, 0.717) is 18.9 Å². The highest BCUT2D eigenvalue weighted by Crippen LogP contribution is 2.30. The van der Waals surface area contributed by atoms with E-state index in [0.717, 1.165) is 43.9 Å². The average molecular weight is 486 g/mol. The maximum Gasteiger partial charge on any atom is 0.251 e. The highest BCUT2D eigenvalue weighted by molar-refractivity contribution is 5.94. The SMILES string of the molecule is CCCNC(=O)c1ccc(N(C)C[C@H](c2cccc(OCOC)c2)N2CC[C@H](OCOC)C2)cc1. The predicted molar refractivity (Wildman–Crippen MR) is 137 cm³/mol. The van der Waals surface area contributed by atoms with Crippen molar-refractivity contribution in [1.29, 1.82) is 0 Å².